The van der Waals surface area contributed by atoms with Crippen LogP contribution >= 0.6 is 11.8 Å². The SMILES string of the molecule is Cc1cccn2cc(CSC(C)(C)C(=O)O)nc12. The Morgan fingerprint density at radius 3 is 2.89 bits per heavy atom. The van der Waals surface area contributed by atoms with Crippen LogP contribution < -0.4 is 0 Å². The number of carboxylic acids is 1. The molecule has 1 N–H and O–H groups in total. The topological polar surface area (TPSA) is 54.6 Å². The van der Waals surface area contributed by atoms with Crippen molar-refractivity contribution in [3.8, 4) is 0 Å². The minimum atomic E-state index is -0.799. The van der Waals surface area contributed by atoms with Crippen LogP contribution in [0.15, 0.2) is 24.5 Å². The summed E-state index contributed by atoms with van der Waals surface area (Å²) in [5, 5.41) is 9.06. The van der Waals surface area contributed by atoms with Crippen LogP contribution in [0.4, 0.5) is 0 Å². The summed E-state index contributed by atoms with van der Waals surface area (Å²) in [6.07, 6.45) is 3.90. The minimum Gasteiger partial charge on any atom is -0.480 e. The number of aryl methyl sites for hydroxylation is 1. The zero-order valence-corrected chi connectivity index (χ0v) is 11.5. The smallest absolute Gasteiger partial charge is 0.319 e. The standard InChI is InChI=1S/C13H16N2O2S/c1-9-5-4-6-15-7-10(14-11(9)15)8-18-13(2,3)12(16)17/h4-7H,8H2,1-3H3,(H,16,17). The van der Waals surface area contributed by atoms with Crippen LogP contribution in [-0.2, 0) is 10.5 Å². The number of rotatable bonds is 4. The normalized spacial score (nSPS) is 11.9. The third kappa shape index (κ3) is 2.51. The molecule has 96 valence electrons. The van der Waals surface area contributed by atoms with Gasteiger partial charge in [-0.3, -0.25) is 4.79 Å². The minimum absolute atomic E-state index is 0.598. The molecule has 18 heavy (non-hydrogen) atoms. The number of aromatic nitrogens is 2. The molecule has 2 aromatic rings. The van der Waals surface area contributed by atoms with Gasteiger partial charge in [-0.1, -0.05) is 6.07 Å². The van der Waals surface area contributed by atoms with Crippen molar-refractivity contribution in [2.75, 3.05) is 0 Å². The molecule has 0 saturated heterocycles. The Hall–Kier alpha value is -1.49. The van der Waals surface area contributed by atoms with Gasteiger partial charge in [0.15, 0.2) is 0 Å². The molecule has 0 radical (unpaired) electrons. The first-order valence-electron chi connectivity index (χ1n) is 5.71. The van der Waals surface area contributed by atoms with Crippen molar-refractivity contribution >= 4 is 23.4 Å². The number of carboxylic acid groups (broad SMARTS) is 1. The zero-order chi connectivity index (χ0) is 13.3. The Kier molecular flexibility index (Phi) is 3.34. The van der Waals surface area contributed by atoms with Crippen molar-refractivity contribution < 1.29 is 9.90 Å². The lowest BCUT2D eigenvalue weighted by Crippen LogP contribution is -2.27. The third-order valence-corrected chi connectivity index (χ3v) is 4.16. The van der Waals surface area contributed by atoms with E-state index in [4.69, 9.17) is 5.11 Å². The summed E-state index contributed by atoms with van der Waals surface area (Å²) >= 11 is 1.39. The number of thioether (sulfide) groups is 1. The average molecular weight is 264 g/mol. The lowest BCUT2D eigenvalue weighted by atomic mass is 10.2. The average Bonchev–Trinajstić information content (AvgIpc) is 2.71. The van der Waals surface area contributed by atoms with Gasteiger partial charge in [-0.25, -0.2) is 4.98 Å². The molecule has 0 saturated carbocycles. The van der Waals surface area contributed by atoms with Gasteiger partial charge in [0.05, 0.1) is 5.69 Å². The van der Waals surface area contributed by atoms with Crippen molar-refractivity contribution in [2.45, 2.75) is 31.3 Å². The lowest BCUT2D eigenvalue weighted by molar-refractivity contribution is -0.138. The van der Waals surface area contributed by atoms with Gasteiger partial charge in [-0.05, 0) is 32.4 Å². The molecule has 2 aromatic heterocycles. The van der Waals surface area contributed by atoms with E-state index in [1.807, 2.05) is 35.9 Å². The maximum absolute atomic E-state index is 11.0. The first-order chi connectivity index (χ1) is 8.40. The van der Waals surface area contributed by atoms with Crippen LogP contribution in [0.2, 0.25) is 0 Å². The Morgan fingerprint density at radius 2 is 2.28 bits per heavy atom. The van der Waals surface area contributed by atoms with Crippen LogP contribution in [-0.4, -0.2) is 25.2 Å². The maximum Gasteiger partial charge on any atom is 0.319 e. The maximum atomic E-state index is 11.0. The van der Waals surface area contributed by atoms with Crippen LogP contribution in [0.5, 0.6) is 0 Å². The van der Waals surface area contributed by atoms with E-state index in [0.29, 0.717) is 5.75 Å². The number of imidazole rings is 1. The summed E-state index contributed by atoms with van der Waals surface area (Å²) in [6, 6.07) is 3.99. The highest BCUT2D eigenvalue weighted by Crippen LogP contribution is 2.28. The van der Waals surface area contributed by atoms with E-state index in [1.165, 1.54) is 11.8 Å². The van der Waals surface area contributed by atoms with Crippen molar-refractivity contribution in [3.05, 3.63) is 35.8 Å². The van der Waals surface area contributed by atoms with Crippen molar-refractivity contribution in [1.82, 2.24) is 9.38 Å². The summed E-state index contributed by atoms with van der Waals surface area (Å²) in [5.41, 5.74) is 2.95. The number of aliphatic carboxylic acids is 1. The first-order valence-corrected chi connectivity index (χ1v) is 6.69. The summed E-state index contributed by atoms with van der Waals surface area (Å²) in [4.78, 5) is 15.5. The lowest BCUT2D eigenvalue weighted by Gasteiger charge is -2.17. The Balaban J connectivity index is 2.18. The first kappa shape index (κ1) is 13.0. The zero-order valence-electron chi connectivity index (χ0n) is 10.7. The predicted molar refractivity (Wildman–Crippen MR) is 72.9 cm³/mol. The molecule has 2 rings (SSSR count). The second-order valence-electron chi connectivity index (χ2n) is 4.76. The number of carbonyl (C=O) groups is 1. The molecule has 0 spiro atoms. The largest absolute Gasteiger partial charge is 0.480 e. The highest BCUT2D eigenvalue weighted by atomic mass is 32.2. The summed E-state index contributed by atoms with van der Waals surface area (Å²) in [6.45, 7) is 5.43. The predicted octanol–water partition coefficient (Wildman–Crippen LogP) is 2.74. The van der Waals surface area contributed by atoms with E-state index in [0.717, 1.165) is 16.9 Å². The number of pyridine rings is 1. The van der Waals surface area contributed by atoms with Gasteiger partial charge >= 0.3 is 5.97 Å². The number of hydrogen-bond acceptors (Lipinski definition) is 3. The summed E-state index contributed by atoms with van der Waals surface area (Å²) in [7, 11) is 0. The van der Waals surface area contributed by atoms with Crippen molar-refractivity contribution in [1.29, 1.82) is 0 Å². The molecule has 0 aliphatic heterocycles. The molecular formula is C13H16N2O2S. The van der Waals surface area contributed by atoms with E-state index < -0.39 is 10.7 Å². The fraction of sp³-hybridized carbons (Fsp3) is 0.385. The highest BCUT2D eigenvalue weighted by molar-refractivity contribution is 8.00. The van der Waals surface area contributed by atoms with Crippen LogP contribution in [0.25, 0.3) is 5.65 Å². The third-order valence-electron chi connectivity index (χ3n) is 2.82. The van der Waals surface area contributed by atoms with Gasteiger partial charge in [0.25, 0.3) is 0 Å². The molecule has 4 nitrogen and oxygen atoms in total. The summed E-state index contributed by atoms with van der Waals surface area (Å²) < 4.78 is 1.18. The molecule has 0 aliphatic carbocycles. The molecule has 0 aromatic carbocycles. The Bertz CT molecular complexity index is 590. The van der Waals surface area contributed by atoms with Gasteiger partial charge in [-0.2, -0.15) is 0 Å². The Morgan fingerprint density at radius 1 is 1.56 bits per heavy atom. The summed E-state index contributed by atoms with van der Waals surface area (Å²) in [5.74, 6) is -0.201. The van der Waals surface area contributed by atoms with Crippen molar-refractivity contribution in [3.63, 3.8) is 0 Å². The second-order valence-corrected chi connectivity index (χ2v) is 6.36. The van der Waals surface area contributed by atoms with Crippen LogP contribution in [0.3, 0.4) is 0 Å². The molecule has 0 bridgehead atoms. The van der Waals surface area contributed by atoms with Gasteiger partial charge in [0, 0.05) is 18.1 Å². The van der Waals surface area contributed by atoms with Gasteiger partial charge < -0.3 is 9.51 Å². The van der Waals surface area contributed by atoms with Gasteiger partial charge in [0.2, 0.25) is 0 Å². The van der Waals surface area contributed by atoms with E-state index >= 15 is 0 Å². The van der Waals surface area contributed by atoms with Crippen LogP contribution in [0, 0.1) is 6.92 Å². The number of nitrogens with zero attached hydrogens (tertiary/aromatic N) is 2. The van der Waals surface area contributed by atoms with E-state index in [2.05, 4.69) is 4.98 Å². The molecule has 0 atom stereocenters. The molecule has 2 heterocycles. The van der Waals surface area contributed by atoms with Crippen molar-refractivity contribution in [2.24, 2.45) is 0 Å². The molecule has 0 amide bonds. The molecular weight excluding hydrogens is 248 g/mol. The fourth-order valence-corrected chi connectivity index (χ4v) is 2.36. The molecule has 0 fully saturated rings. The molecule has 0 unspecified atom stereocenters. The highest BCUT2D eigenvalue weighted by Gasteiger charge is 2.27. The molecule has 0 aliphatic rings. The second kappa shape index (κ2) is 4.65. The van der Waals surface area contributed by atoms with Gasteiger partial charge in [-0.15, -0.1) is 11.8 Å². The van der Waals surface area contributed by atoms with Crippen LogP contribution in [0.1, 0.15) is 25.1 Å². The van der Waals surface area contributed by atoms with Gasteiger partial charge in [0.1, 0.15) is 10.4 Å². The van der Waals surface area contributed by atoms with E-state index in [1.54, 1.807) is 13.8 Å². The van der Waals surface area contributed by atoms with E-state index in [-0.39, 0.29) is 0 Å². The van der Waals surface area contributed by atoms with E-state index in [9.17, 15) is 4.79 Å². The monoisotopic (exact) mass is 264 g/mol. The fourth-order valence-electron chi connectivity index (χ4n) is 1.59. The Labute approximate surface area is 110 Å². The quantitative estimate of drug-likeness (QED) is 0.922. The number of fused-ring (bicyclic) bond motifs is 1. The number of hydrogen-bond donors (Lipinski definition) is 1. The molecule has 5 heteroatoms.